The Morgan fingerprint density at radius 1 is 1.17 bits per heavy atom. The lowest BCUT2D eigenvalue weighted by molar-refractivity contribution is -0.890. The average molecular weight is 412 g/mol. The Balaban J connectivity index is 1.60. The number of aromatic nitrogens is 4. The Morgan fingerprint density at radius 3 is 2.62 bits per heavy atom. The van der Waals surface area contributed by atoms with Gasteiger partial charge < -0.3 is 10.2 Å². The molecule has 3 aromatic rings. The topological polar surface area (TPSA) is 77.1 Å². The van der Waals surface area contributed by atoms with Gasteiger partial charge in [-0.25, -0.2) is 0 Å². The summed E-state index contributed by atoms with van der Waals surface area (Å²) in [7, 11) is 4.19. The first kappa shape index (κ1) is 21.0. The molecule has 3 rings (SSSR count). The molecule has 7 nitrogen and oxygen atoms in total. The molecular formula is C21H27N6OS+. The van der Waals surface area contributed by atoms with Gasteiger partial charge in [0.1, 0.15) is 6.04 Å². The van der Waals surface area contributed by atoms with E-state index in [4.69, 9.17) is 0 Å². The van der Waals surface area contributed by atoms with Gasteiger partial charge in [0.05, 0.1) is 32.1 Å². The summed E-state index contributed by atoms with van der Waals surface area (Å²) in [6.45, 7) is 4.65. The van der Waals surface area contributed by atoms with Crippen molar-refractivity contribution in [3.63, 3.8) is 0 Å². The highest BCUT2D eigenvalue weighted by Gasteiger charge is 2.19. The molecule has 0 saturated carbocycles. The van der Waals surface area contributed by atoms with E-state index in [2.05, 4.69) is 60.1 Å². The molecule has 0 spiro atoms. The third kappa shape index (κ3) is 5.42. The van der Waals surface area contributed by atoms with Crippen molar-refractivity contribution in [2.24, 2.45) is 0 Å². The number of carbonyl (C=O) groups is 1. The number of hydrogen-bond donors (Lipinski definition) is 2. The molecule has 0 aliphatic rings. The molecule has 0 unspecified atom stereocenters. The minimum Gasteiger partial charge on any atom is -0.349 e. The van der Waals surface area contributed by atoms with E-state index >= 15 is 0 Å². The Bertz CT molecular complexity index is 957. The lowest BCUT2D eigenvalue weighted by atomic mass is 10.1. The molecule has 0 saturated heterocycles. The fraction of sp³-hybridized carbons (Fsp3) is 0.333. The number of benzene rings is 2. The maximum absolute atomic E-state index is 12.4. The standard InChI is InChI=1S/C21H26N6OS/c1-15-10-11-18(16(2)12-15)27-21(23-24-25-27)29-14-20(28)22-13-19(26(3)4)17-8-6-5-7-9-17/h5-12,19H,13-14H2,1-4H3,(H,22,28)/p+1/t19-/m0/s1. The monoisotopic (exact) mass is 411 g/mol. The van der Waals surface area contributed by atoms with Crippen molar-refractivity contribution in [3.8, 4) is 5.69 Å². The minimum absolute atomic E-state index is 0.0349. The normalized spacial score (nSPS) is 12.2. The number of aryl methyl sites for hydroxylation is 2. The summed E-state index contributed by atoms with van der Waals surface area (Å²) in [6, 6.07) is 16.5. The summed E-state index contributed by atoms with van der Waals surface area (Å²) in [5.41, 5.74) is 4.40. The zero-order valence-corrected chi connectivity index (χ0v) is 18.0. The quantitative estimate of drug-likeness (QED) is 0.548. The van der Waals surface area contributed by atoms with Crippen molar-refractivity contribution in [1.29, 1.82) is 0 Å². The Kier molecular flexibility index (Phi) is 7.00. The molecule has 1 atom stereocenters. The van der Waals surface area contributed by atoms with Crippen LogP contribution in [-0.2, 0) is 4.79 Å². The number of nitrogens with one attached hydrogen (secondary N) is 2. The fourth-order valence-electron chi connectivity index (χ4n) is 3.20. The molecule has 0 radical (unpaired) electrons. The highest BCUT2D eigenvalue weighted by atomic mass is 32.2. The second kappa shape index (κ2) is 9.67. The van der Waals surface area contributed by atoms with Crippen molar-refractivity contribution in [2.45, 2.75) is 25.0 Å². The molecule has 0 aliphatic heterocycles. The zero-order valence-electron chi connectivity index (χ0n) is 17.2. The number of carbonyl (C=O) groups excluding carboxylic acids is 1. The third-order valence-corrected chi connectivity index (χ3v) is 5.68. The van der Waals surface area contributed by atoms with Crippen molar-refractivity contribution < 1.29 is 9.69 Å². The SMILES string of the molecule is Cc1ccc(-n2nnnc2SCC(=O)NC[C@@H](c2ccccc2)[NH+](C)C)c(C)c1. The van der Waals surface area contributed by atoms with Gasteiger partial charge in [-0.15, -0.1) is 5.10 Å². The van der Waals surface area contributed by atoms with E-state index in [1.54, 1.807) is 4.68 Å². The summed E-state index contributed by atoms with van der Waals surface area (Å²) in [5.74, 6) is 0.225. The van der Waals surface area contributed by atoms with Gasteiger partial charge >= 0.3 is 0 Å². The first-order chi connectivity index (χ1) is 14.0. The van der Waals surface area contributed by atoms with Crippen LogP contribution in [0.15, 0.2) is 53.7 Å². The average Bonchev–Trinajstić information content (AvgIpc) is 3.15. The smallest absolute Gasteiger partial charge is 0.230 e. The maximum atomic E-state index is 12.4. The van der Waals surface area contributed by atoms with Crippen molar-refractivity contribution in [2.75, 3.05) is 26.4 Å². The number of quaternary nitrogens is 1. The summed E-state index contributed by atoms with van der Waals surface area (Å²) in [4.78, 5) is 13.7. The molecule has 0 aliphatic carbocycles. The van der Waals surface area contributed by atoms with Crippen LogP contribution in [0.5, 0.6) is 0 Å². The largest absolute Gasteiger partial charge is 0.349 e. The lowest BCUT2D eigenvalue weighted by Gasteiger charge is -2.22. The number of thioether (sulfide) groups is 1. The van der Waals surface area contributed by atoms with Gasteiger partial charge in [0, 0.05) is 5.56 Å². The van der Waals surface area contributed by atoms with Crippen molar-refractivity contribution in [3.05, 3.63) is 65.2 Å². The molecule has 1 amide bonds. The molecule has 0 fully saturated rings. The Labute approximate surface area is 175 Å². The van der Waals surface area contributed by atoms with Crippen LogP contribution in [0.4, 0.5) is 0 Å². The van der Waals surface area contributed by atoms with Crippen molar-refractivity contribution >= 4 is 17.7 Å². The van der Waals surface area contributed by atoms with Crippen LogP contribution in [0.3, 0.4) is 0 Å². The predicted octanol–water partition coefficient (Wildman–Crippen LogP) is 1.37. The summed E-state index contributed by atoms with van der Waals surface area (Å²) in [5, 5.41) is 15.6. The third-order valence-electron chi connectivity index (χ3n) is 4.76. The molecular weight excluding hydrogens is 384 g/mol. The Morgan fingerprint density at radius 2 is 1.93 bits per heavy atom. The summed E-state index contributed by atoms with van der Waals surface area (Å²) < 4.78 is 1.68. The maximum Gasteiger partial charge on any atom is 0.230 e. The molecule has 0 bridgehead atoms. The van der Waals surface area contributed by atoms with Crippen LogP contribution < -0.4 is 10.2 Å². The van der Waals surface area contributed by atoms with Crippen LogP contribution in [0, 0.1) is 13.8 Å². The second-order valence-electron chi connectivity index (χ2n) is 7.30. The number of nitrogens with zero attached hydrogens (tertiary/aromatic N) is 4. The number of amides is 1. The highest BCUT2D eigenvalue weighted by molar-refractivity contribution is 7.99. The molecule has 2 aromatic carbocycles. The van der Waals surface area contributed by atoms with Gasteiger partial charge in [-0.2, -0.15) is 4.68 Å². The minimum atomic E-state index is -0.0349. The van der Waals surface area contributed by atoms with Crippen LogP contribution in [0.1, 0.15) is 22.7 Å². The molecule has 2 N–H and O–H groups in total. The number of hydrogen-bond acceptors (Lipinski definition) is 5. The van der Waals surface area contributed by atoms with E-state index in [-0.39, 0.29) is 17.7 Å². The number of likely N-dealkylation sites (N-methyl/N-ethyl adjacent to an activating group) is 1. The van der Waals surface area contributed by atoms with Crippen LogP contribution >= 0.6 is 11.8 Å². The van der Waals surface area contributed by atoms with Crippen molar-refractivity contribution in [1.82, 2.24) is 25.5 Å². The Hall–Kier alpha value is -2.71. The van der Waals surface area contributed by atoms with E-state index in [1.807, 2.05) is 37.3 Å². The van der Waals surface area contributed by atoms with Gasteiger partial charge in [-0.3, -0.25) is 4.79 Å². The number of rotatable bonds is 8. The molecule has 8 heteroatoms. The van der Waals surface area contributed by atoms with Gasteiger partial charge in [-0.05, 0) is 35.9 Å². The van der Waals surface area contributed by atoms with E-state index in [0.717, 1.165) is 11.3 Å². The second-order valence-corrected chi connectivity index (χ2v) is 8.24. The summed E-state index contributed by atoms with van der Waals surface area (Å²) in [6.07, 6.45) is 0. The number of tetrazole rings is 1. The van der Waals surface area contributed by atoms with Gasteiger partial charge in [-0.1, -0.05) is 59.8 Å². The summed E-state index contributed by atoms with van der Waals surface area (Å²) >= 11 is 1.33. The first-order valence-electron chi connectivity index (χ1n) is 9.56. The molecule has 29 heavy (non-hydrogen) atoms. The van der Waals surface area contributed by atoms with E-state index in [1.165, 1.54) is 27.8 Å². The van der Waals surface area contributed by atoms with Crippen LogP contribution in [0.25, 0.3) is 5.69 Å². The van der Waals surface area contributed by atoms with E-state index in [0.29, 0.717) is 11.7 Å². The van der Waals surface area contributed by atoms with Gasteiger partial charge in [0.2, 0.25) is 11.1 Å². The van der Waals surface area contributed by atoms with Crippen LogP contribution in [-0.4, -0.2) is 52.5 Å². The highest BCUT2D eigenvalue weighted by Crippen LogP contribution is 2.21. The lowest BCUT2D eigenvalue weighted by Crippen LogP contribution is -3.07. The first-order valence-corrected chi connectivity index (χ1v) is 10.5. The predicted molar refractivity (Wildman–Crippen MR) is 114 cm³/mol. The molecule has 152 valence electrons. The molecule has 1 heterocycles. The van der Waals surface area contributed by atoms with Gasteiger partial charge in [0.15, 0.2) is 0 Å². The zero-order chi connectivity index (χ0) is 20.8. The van der Waals surface area contributed by atoms with Gasteiger partial charge in [0.25, 0.3) is 0 Å². The fourth-order valence-corrected chi connectivity index (χ4v) is 3.91. The van der Waals surface area contributed by atoms with Crippen LogP contribution in [0.2, 0.25) is 0 Å². The van der Waals surface area contributed by atoms with E-state index < -0.39 is 0 Å². The molecule has 1 aromatic heterocycles. The van der Waals surface area contributed by atoms with E-state index in [9.17, 15) is 4.79 Å².